The van der Waals surface area contributed by atoms with Crippen molar-refractivity contribution in [1.29, 1.82) is 0 Å². The molecule has 4 rings (SSSR count). The second-order valence-electron chi connectivity index (χ2n) is 16.1. The second-order valence-corrected chi connectivity index (χ2v) is 16.1. The molecule has 2 heterocycles. The fourth-order valence-electron chi connectivity index (χ4n) is 7.20. The third-order valence-electron chi connectivity index (χ3n) is 10.3. The number of epoxide rings is 1. The molecular weight excluding hydrogens is 654 g/mol. The van der Waals surface area contributed by atoms with E-state index in [-0.39, 0.29) is 53.8 Å². The van der Waals surface area contributed by atoms with Crippen LogP contribution in [0, 0.1) is 23.7 Å². The molecule has 284 valence electrons. The summed E-state index contributed by atoms with van der Waals surface area (Å²) >= 11 is 0. The zero-order chi connectivity index (χ0) is 37.7. The number of ether oxygens (including phenoxy) is 1. The van der Waals surface area contributed by atoms with E-state index in [0.717, 1.165) is 37.1 Å². The van der Waals surface area contributed by atoms with Gasteiger partial charge in [-0.1, -0.05) is 94.8 Å². The predicted octanol–water partition coefficient (Wildman–Crippen LogP) is 5.92. The highest BCUT2D eigenvalue weighted by molar-refractivity contribution is 5.98. The van der Waals surface area contributed by atoms with Gasteiger partial charge < -0.3 is 15.4 Å². The van der Waals surface area contributed by atoms with E-state index < -0.39 is 29.5 Å². The fourth-order valence-corrected chi connectivity index (χ4v) is 7.20. The van der Waals surface area contributed by atoms with Crippen molar-refractivity contribution in [2.75, 3.05) is 26.2 Å². The molecule has 2 aromatic rings. The molecule has 2 N–H and O–H groups in total. The predicted molar refractivity (Wildman–Crippen MR) is 204 cm³/mol. The molecule has 52 heavy (non-hydrogen) atoms. The van der Waals surface area contributed by atoms with Gasteiger partial charge in [-0.25, -0.2) is 0 Å². The molecule has 0 aliphatic carbocycles. The van der Waals surface area contributed by atoms with Crippen LogP contribution in [0.2, 0.25) is 0 Å². The van der Waals surface area contributed by atoms with Crippen LogP contribution in [-0.2, 0) is 41.6 Å². The minimum atomic E-state index is -0.892. The van der Waals surface area contributed by atoms with Gasteiger partial charge in [0.05, 0.1) is 25.2 Å². The lowest BCUT2D eigenvalue weighted by Gasteiger charge is -2.28. The van der Waals surface area contributed by atoms with E-state index in [9.17, 15) is 24.0 Å². The van der Waals surface area contributed by atoms with Gasteiger partial charge in [0.1, 0.15) is 11.4 Å². The summed E-state index contributed by atoms with van der Waals surface area (Å²) in [5.74, 6) is -2.11. The van der Waals surface area contributed by atoms with Crippen LogP contribution in [0.1, 0.15) is 97.1 Å². The number of hydrogen-bond donors (Lipinski definition) is 2. The molecule has 5 atom stereocenters. The van der Waals surface area contributed by atoms with E-state index in [4.69, 9.17) is 4.74 Å². The van der Waals surface area contributed by atoms with Gasteiger partial charge in [0.2, 0.25) is 11.8 Å². The summed E-state index contributed by atoms with van der Waals surface area (Å²) in [6.45, 7) is 12.2. The monoisotopic (exact) mass is 715 g/mol. The maximum Gasteiger partial charge on any atom is 0.224 e. The zero-order valence-corrected chi connectivity index (χ0v) is 32.0. The summed E-state index contributed by atoms with van der Waals surface area (Å²) in [4.78, 5) is 71.2. The summed E-state index contributed by atoms with van der Waals surface area (Å²) in [7, 11) is 0. The van der Waals surface area contributed by atoms with Crippen molar-refractivity contribution < 1.29 is 28.7 Å². The molecule has 0 spiro atoms. The van der Waals surface area contributed by atoms with Gasteiger partial charge in [0, 0.05) is 24.7 Å². The van der Waals surface area contributed by atoms with E-state index in [1.807, 2.05) is 88.4 Å². The Balaban J connectivity index is 1.51. The Morgan fingerprint density at radius 1 is 0.731 bits per heavy atom. The molecule has 9 nitrogen and oxygen atoms in total. The SMILES string of the molecule is CC(C)C[C@H](NC(=O)C(CCc1ccccc1)CC(=O)CN1CCCCC1)C(=O)C[C@@H](Cc1ccccc1)C(=O)N[C@@H](CC(C)C)C(=O)[C@@]1(C)CO1. The number of amides is 2. The number of likely N-dealkylation sites (tertiary alicyclic amines) is 1. The standard InChI is InChI=1S/C43H61N3O6/c1-30(2)23-37(44-41(50)34(20-19-32-15-9-6-10-16-32)26-36(47)28-46-21-13-8-14-22-46)39(48)27-35(25-33-17-11-7-12-18-33)42(51)45-38(24-31(3)4)40(49)43(5)29-52-43/h6-7,9-12,15-18,30-31,34-35,37-38H,8,13-14,19-29H2,1-5H3,(H,44,50)(H,45,51)/t34?,35-,37+,38+,43-/m1/s1. The smallest absolute Gasteiger partial charge is 0.224 e. The first kappa shape index (κ1) is 41.1. The number of aryl methyl sites for hydroxylation is 1. The van der Waals surface area contributed by atoms with Crippen LogP contribution in [0.5, 0.6) is 0 Å². The van der Waals surface area contributed by atoms with Gasteiger partial charge in [0.15, 0.2) is 11.6 Å². The van der Waals surface area contributed by atoms with Crippen molar-refractivity contribution >= 4 is 29.2 Å². The summed E-state index contributed by atoms with van der Waals surface area (Å²) < 4.78 is 5.43. The van der Waals surface area contributed by atoms with E-state index >= 15 is 0 Å². The highest BCUT2D eigenvalue weighted by Crippen LogP contribution is 2.30. The van der Waals surface area contributed by atoms with Crippen molar-refractivity contribution in [2.45, 2.75) is 117 Å². The zero-order valence-electron chi connectivity index (χ0n) is 32.0. The Morgan fingerprint density at radius 2 is 1.27 bits per heavy atom. The van der Waals surface area contributed by atoms with Crippen molar-refractivity contribution in [3.8, 4) is 0 Å². The Kier molecular flexibility index (Phi) is 15.8. The van der Waals surface area contributed by atoms with Crippen LogP contribution in [0.25, 0.3) is 0 Å². The maximum atomic E-state index is 14.2. The summed E-state index contributed by atoms with van der Waals surface area (Å²) in [6.07, 6.45) is 5.65. The maximum absolute atomic E-state index is 14.2. The number of carbonyl (C=O) groups excluding carboxylic acids is 5. The number of hydrogen-bond acceptors (Lipinski definition) is 7. The molecule has 0 saturated carbocycles. The number of nitrogens with zero attached hydrogens (tertiary/aromatic N) is 1. The lowest BCUT2D eigenvalue weighted by Crippen LogP contribution is -2.50. The molecule has 2 aromatic carbocycles. The Hall–Kier alpha value is -3.69. The molecule has 2 saturated heterocycles. The van der Waals surface area contributed by atoms with Gasteiger partial charge in [-0.05, 0) is 87.9 Å². The van der Waals surface area contributed by atoms with Crippen LogP contribution in [0.15, 0.2) is 60.7 Å². The molecule has 9 heteroatoms. The number of piperidine rings is 1. The third-order valence-corrected chi connectivity index (χ3v) is 10.3. The van der Waals surface area contributed by atoms with Crippen LogP contribution < -0.4 is 10.6 Å². The number of benzene rings is 2. The van der Waals surface area contributed by atoms with Gasteiger partial charge in [-0.15, -0.1) is 0 Å². The fraction of sp³-hybridized carbons (Fsp3) is 0.605. The van der Waals surface area contributed by atoms with Crippen LogP contribution >= 0.6 is 0 Å². The molecule has 1 unspecified atom stereocenters. The second kappa shape index (κ2) is 20.0. The molecular formula is C43H61N3O6. The molecule has 0 bridgehead atoms. The summed E-state index contributed by atoms with van der Waals surface area (Å²) in [6, 6.07) is 17.9. The molecule has 0 aromatic heterocycles. The largest absolute Gasteiger partial charge is 0.361 e. The van der Waals surface area contributed by atoms with Gasteiger partial charge in [0.25, 0.3) is 0 Å². The van der Waals surface area contributed by atoms with E-state index in [2.05, 4.69) is 15.5 Å². The van der Waals surface area contributed by atoms with Crippen LogP contribution in [0.4, 0.5) is 0 Å². The highest BCUT2D eigenvalue weighted by Gasteiger charge is 2.50. The Morgan fingerprint density at radius 3 is 1.85 bits per heavy atom. The Bertz CT molecular complexity index is 1470. The first-order valence-electron chi connectivity index (χ1n) is 19.5. The molecule has 2 fully saturated rings. The molecule has 2 aliphatic rings. The van der Waals surface area contributed by atoms with Gasteiger partial charge in [-0.2, -0.15) is 0 Å². The van der Waals surface area contributed by atoms with Crippen LogP contribution in [0.3, 0.4) is 0 Å². The summed E-state index contributed by atoms with van der Waals surface area (Å²) in [5, 5.41) is 6.06. The minimum absolute atomic E-state index is 0.0393. The molecule has 2 aliphatic heterocycles. The number of rotatable bonds is 22. The number of ketones is 3. The topological polar surface area (TPSA) is 125 Å². The first-order chi connectivity index (χ1) is 24.8. The van der Waals surface area contributed by atoms with Crippen molar-refractivity contribution in [3.05, 3.63) is 71.8 Å². The van der Waals surface area contributed by atoms with Gasteiger partial charge in [-0.3, -0.25) is 28.9 Å². The first-order valence-corrected chi connectivity index (χ1v) is 19.5. The number of carbonyl (C=O) groups is 5. The van der Waals surface area contributed by atoms with E-state index in [0.29, 0.717) is 45.3 Å². The van der Waals surface area contributed by atoms with Crippen molar-refractivity contribution in [1.82, 2.24) is 15.5 Å². The average Bonchev–Trinajstić information content (AvgIpc) is 3.87. The lowest BCUT2D eigenvalue weighted by molar-refractivity contribution is -0.135. The minimum Gasteiger partial charge on any atom is -0.361 e. The lowest BCUT2D eigenvalue weighted by atomic mass is 9.87. The van der Waals surface area contributed by atoms with Crippen LogP contribution in [-0.4, -0.2) is 78.0 Å². The highest BCUT2D eigenvalue weighted by atomic mass is 16.6. The van der Waals surface area contributed by atoms with Gasteiger partial charge >= 0.3 is 0 Å². The van der Waals surface area contributed by atoms with Crippen molar-refractivity contribution in [3.63, 3.8) is 0 Å². The van der Waals surface area contributed by atoms with E-state index in [1.165, 1.54) is 6.42 Å². The van der Waals surface area contributed by atoms with Crippen molar-refractivity contribution in [2.24, 2.45) is 23.7 Å². The third kappa shape index (κ3) is 13.4. The number of nitrogens with one attached hydrogen (secondary N) is 2. The normalized spacial score (nSPS) is 19.8. The summed E-state index contributed by atoms with van der Waals surface area (Å²) in [5.41, 5.74) is 1.10. The Labute approximate surface area is 311 Å². The average molecular weight is 716 g/mol. The molecule has 2 amide bonds. The quantitative estimate of drug-likeness (QED) is 0.145. The van der Waals surface area contributed by atoms with E-state index in [1.54, 1.807) is 6.92 Å². The molecule has 0 radical (unpaired) electrons. The number of Topliss-reactive ketones (excluding diaryl/α,β-unsaturated/α-hetero) is 3.